The highest BCUT2D eigenvalue weighted by Crippen LogP contribution is 2.26. The number of anilines is 1. The third-order valence-electron chi connectivity index (χ3n) is 5.24. The highest BCUT2D eigenvalue weighted by molar-refractivity contribution is 8.00. The Bertz CT molecular complexity index is 1330. The van der Waals surface area contributed by atoms with Gasteiger partial charge in [-0.3, -0.25) is 9.36 Å². The minimum Gasteiger partial charge on any atom is -0.494 e. The number of carbonyl (C=O) groups excluding carboxylic acids is 1. The van der Waals surface area contributed by atoms with Crippen molar-refractivity contribution < 1.29 is 9.53 Å². The van der Waals surface area contributed by atoms with Crippen LogP contribution in [-0.4, -0.2) is 38.7 Å². The normalized spacial score (nSPS) is 11.9. The van der Waals surface area contributed by atoms with Crippen LogP contribution >= 0.6 is 23.4 Å². The number of ether oxygens (including phenoxy) is 1. The highest BCUT2D eigenvalue weighted by atomic mass is 35.5. The summed E-state index contributed by atoms with van der Waals surface area (Å²) in [6.45, 7) is 4.83. The topological polar surface area (TPSA) is 93.4 Å². The van der Waals surface area contributed by atoms with Gasteiger partial charge in [-0.15, -0.1) is 10.2 Å². The highest BCUT2D eigenvalue weighted by Gasteiger charge is 2.21. The second kappa shape index (κ2) is 12.9. The van der Waals surface area contributed by atoms with Crippen LogP contribution in [0.15, 0.2) is 89.1 Å². The fourth-order valence-corrected chi connectivity index (χ4v) is 4.37. The average molecular weight is 535 g/mol. The van der Waals surface area contributed by atoms with Gasteiger partial charge in [-0.05, 0) is 67.9 Å². The summed E-state index contributed by atoms with van der Waals surface area (Å²) in [7, 11) is 0. The van der Waals surface area contributed by atoms with Gasteiger partial charge in [0.2, 0.25) is 0 Å². The maximum atomic E-state index is 12.7. The van der Waals surface area contributed by atoms with E-state index in [2.05, 4.69) is 26.0 Å². The maximum absolute atomic E-state index is 12.7. The van der Waals surface area contributed by atoms with Gasteiger partial charge in [-0.1, -0.05) is 53.7 Å². The molecule has 1 heterocycles. The van der Waals surface area contributed by atoms with Crippen LogP contribution in [0.5, 0.6) is 5.75 Å². The Kier molecular flexibility index (Phi) is 9.18. The molecule has 0 aliphatic heterocycles. The predicted octanol–water partition coefficient (Wildman–Crippen LogP) is 5.56. The molecule has 1 aromatic heterocycles. The van der Waals surface area contributed by atoms with E-state index in [4.69, 9.17) is 16.3 Å². The van der Waals surface area contributed by atoms with E-state index < -0.39 is 5.25 Å². The van der Waals surface area contributed by atoms with E-state index in [9.17, 15) is 4.79 Å². The van der Waals surface area contributed by atoms with Crippen molar-refractivity contribution in [3.63, 3.8) is 0 Å². The summed E-state index contributed by atoms with van der Waals surface area (Å²) >= 11 is 7.21. The smallest absolute Gasteiger partial charge is 0.253 e. The molecule has 3 aromatic carbocycles. The molecular formula is C27H27ClN6O2S. The number of hydrogen-bond donors (Lipinski definition) is 2. The fourth-order valence-electron chi connectivity index (χ4n) is 3.37. The summed E-state index contributed by atoms with van der Waals surface area (Å²) in [6.07, 6.45) is 1.57. The summed E-state index contributed by atoms with van der Waals surface area (Å²) in [5, 5.41) is 17.0. The number of rotatable bonds is 11. The molecule has 4 aromatic rings. The zero-order valence-electron chi connectivity index (χ0n) is 20.5. The molecule has 1 unspecified atom stereocenters. The number of hydrazone groups is 1. The van der Waals surface area contributed by atoms with Crippen molar-refractivity contribution in [2.75, 3.05) is 11.9 Å². The van der Waals surface area contributed by atoms with Crippen molar-refractivity contribution in [2.45, 2.75) is 30.8 Å². The van der Waals surface area contributed by atoms with Crippen LogP contribution in [0.3, 0.4) is 0 Å². The Hall–Kier alpha value is -3.82. The second-order valence-electron chi connectivity index (χ2n) is 7.93. The Morgan fingerprint density at radius 2 is 1.81 bits per heavy atom. The lowest BCUT2D eigenvalue weighted by atomic mass is 10.2. The van der Waals surface area contributed by atoms with Crippen molar-refractivity contribution in [1.29, 1.82) is 0 Å². The molecule has 0 fully saturated rings. The lowest BCUT2D eigenvalue weighted by molar-refractivity contribution is -0.120. The number of para-hydroxylation sites is 1. The summed E-state index contributed by atoms with van der Waals surface area (Å²) in [5.41, 5.74) is 5.27. The number of aromatic nitrogens is 3. The first-order valence-corrected chi connectivity index (χ1v) is 13.0. The van der Waals surface area contributed by atoms with Crippen LogP contribution in [-0.2, 0) is 11.3 Å². The monoisotopic (exact) mass is 534 g/mol. The number of thioether (sulfide) groups is 1. The zero-order valence-corrected chi connectivity index (χ0v) is 22.0. The zero-order chi connectivity index (χ0) is 26.0. The molecule has 2 N–H and O–H groups in total. The third kappa shape index (κ3) is 7.34. The Morgan fingerprint density at radius 1 is 1.08 bits per heavy atom. The van der Waals surface area contributed by atoms with Gasteiger partial charge in [0, 0.05) is 16.4 Å². The number of benzene rings is 3. The fraction of sp³-hybridized carbons (Fsp3) is 0.185. The molecule has 190 valence electrons. The summed E-state index contributed by atoms with van der Waals surface area (Å²) in [6, 6.07) is 24.8. The Balaban J connectivity index is 1.45. The molecule has 0 aliphatic rings. The molecule has 4 rings (SSSR count). The van der Waals surface area contributed by atoms with E-state index in [0.29, 0.717) is 23.3 Å². The van der Waals surface area contributed by atoms with E-state index in [1.165, 1.54) is 11.8 Å². The molecular weight excluding hydrogens is 508 g/mol. The quantitative estimate of drug-likeness (QED) is 0.149. The molecule has 8 nitrogen and oxygen atoms in total. The molecule has 1 amide bonds. The standard InChI is InChI=1S/C27H27ClN6O2S/c1-3-36-24-15-13-22(14-16-24)29-18-25-31-33-27(34(25)23-7-5-4-6-8-23)37-19(2)26(35)32-30-17-20-9-11-21(28)12-10-20/h4-17,19,29H,3,18H2,1-2H3,(H,32,35)/b30-17+. The van der Waals surface area contributed by atoms with Gasteiger partial charge in [-0.2, -0.15) is 5.10 Å². The molecule has 0 saturated carbocycles. The van der Waals surface area contributed by atoms with Gasteiger partial charge >= 0.3 is 0 Å². The van der Waals surface area contributed by atoms with Crippen LogP contribution in [0.4, 0.5) is 5.69 Å². The minimum atomic E-state index is -0.457. The molecule has 10 heteroatoms. The Morgan fingerprint density at radius 3 is 2.51 bits per heavy atom. The Labute approximate surface area is 225 Å². The van der Waals surface area contributed by atoms with Crippen LogP contribution < -0.4 is 15.5 Å². The molecule has 37 heavy (non-hydrogen) atoms. The molecule has 0 spiro atoms. The largest absolute Gasteiger partial charge is 0.494 e. The van der Waals surface area contributed by atoms with Gasteiger partial charge in [0.05, 0.1) is 24.6 Å². The first-order valence-electron chi connectivity index (χ1n) is 11.7. The second-order valence-corrected chi connectivity index (χ2v) is 9.67. The molecule has 0 radical (unpaired) electrons. The van der Waals surface area contributed by atoms with E-state index in [1.54, 1.807) is 25.3 Å². The average Bonchev–Trinajstić information content (AvgIpc) is 3.32. The number of nitrogens with zero attached hydrogens (tertiary/aromatic N) is 4. The van der Waals surface area contributed by atoms with Gasteiger partial charge in [0.15, 0.2) is 11.0 Å². The van der Waals surface area contributed by atoms with Crippen molar-refractivity contribution in [1.82, 2.24) is 20.2 Å². The lowest BCUT2D eigenvalue weighted by Gasteiger charge is -2.13. The third-order valence-corrected chi connectivity index (χ3v) is 6.54. The van der Waals surface area contributed by atoms with Crippen LogP contribution in [0.1, 0.15) is 25.2 Å². The summed E-state index contributed by atoms with van der Waals surface area (Å²) < 4.78 is 7.46. The number of carbonyl (C=O) groups is 1. The van der Waals surface area contributed by atoms with E-state index >= 15 is 0 Å². The summed E-state index contributed by atoms with van der Waals surface area (Å²) in [5.74, 6) is 1.30. The van der Waals surface area contributed by atoms with Crippen LogP contribution in [0.2, 0.25) is 5.02 Å². The SMILES string of the molecule is CCOc1ccc(NCc2nnc(SC(C)C(=O)N/N=C/c3ccc(Cl)cc3)n2-c2ccccc2)cc1. The number of hydrogen-bond acceptors (Lipinski definition) is 7. The molecule has 0 bridgehead atoms. The van der Waals surface area contributed by atoms with E-state index in [0.717, 1.165) is 28.5 Å². The van der Waals surface area contributed by atoms with Crippen molar-refractivity contribution >= 4 is 41.2 Å². The first-order chi connectivity index (χ1) is 18.0. The van der Waals surface area contributed by atoms with Gasteiger partial charge in [0.1, 0.15) is 5.75 Å². The minimum absolute atomic E-state index is 0.244. The van der Waals surface area contributed by atoms with Gasteiger partial charge < -0.3 is 10.1 Å². The van der Waals surface area contributed by atoms with Crippen LogP contribution in [0, 0.1) is 0 Å². The predicted molar refractivity (Wildman–Crippen MR) is 149 cm³/mol. The summed E-state index contributed by atoms with van der Waals surface area (Å²) in [4.78, 5) is 12.7. The van der Waals surface area contributed by atoms with Crippen molar-refractivity contribution in [3.05, 3.63) is 95.3 Å². The van der Waals surface area contributed by atoms with Gasteiger partial charge in [-0.25, -0.2) is 5.43 Å². The van der Waals surface area contributed by atoms with Crippen LogP contribution in [0.25, 0.3) is 5.69 Å². The lowest BCUT2D eigenvalue weighted by Crippen LogP contribution is -2.27. The number of amides is 1. The van der Waals surface area contributed by atoms with Crippen molar-refractivity contribution in [2.24, 2.45) is 5.10 Å². The van der Waals surface area contributed by atoms with E-state index in [-0.39, 0.29) is 5.91 Å². The number of halogens is 1. The maximum Gasteiger partial charge on any atom is 0.253 e. The van der Waals surface area contributed by atoms with E-state index in [1.807, 2.05) is 78.2 Å². The molecule has 0 saturated heterocycles. The van der Waals surface area contributed by atoms with Crippen molar-refractivity contribution in [3.8, 4) is 11.4 Å². The van der Waals surface area contributed by atoms with Gasteiger partial charge in [0.25, 0.3) is 5.91 Å². The number of nitrogens with one attached hydrogen (secondary N) is 2. The molecule has 0 aliphatic carbocycles. The molecule has 1 atom stereocenters. The first kappa shape index (κ1) is 26.2.